The number of hydrogen-bond donors (Lipinski definition) is 0. The molecule has 0 bridgehead atoms. The lowest BCUT2D eigenvalue weighted by atomic mass is 10.2. The second kappa shape index (κ2) is 6.19. The zero-order valence-corrected chi connectivity index (χ0v) is 11.7. The second-order valence-corrected chi connectivity index (χ2v) is 6.14. The lowest BCUT2D eigenvalue weighted by molar-refractivity contribution is -0.383. The van der Waals surface area contributed by atoms with Gasteiger partial charge in [0.15, 0.2) is 0 Å². The maximum atomic E-state index is 11.7. The monoisotopic (exact) mass is 275 g/mol. The number of aryl methyl sites for hydroxylation is 1. The molecule has 0 fully saturated rings. The van der Waals surface area contributed by atoms with E-state index >= 15 is 0 Å². The van der Waals surface area contributed by atoms with Gasteiger partial charge in [-0.1, -0.05) is 6.92 Å². The highest BCUT2D eigenvalue weighted by Crippen LogP contribution is 2.32. The number of rotatable bonds is 5. The minimum absolute atomic E-state index is 0.131. The summed E-state index contributed by atoms with van der Waals surface area (Å²) in [5.74, 6) is 0.853. The van der Waals surface area contributed by atoms with Crippen LogP contribution in [0.25, 0.3) is 0 Å². The first-order valence-corrected chi connectivity index (χ1v) is 7.31. The van der Waals surface area contributed by atoms with Crippen LogP contribution in [0.3, 0.4) is 0 Å². The Balaban J connectivity index is 3.36. The average Bonchev–Trinajstić information content (AvgIpc) is 2.30. The lowest BCUT2D eigenvalue weighted by Gasteiger charge is -2.08. The van der Waals surface area contributed by atoms with Crippen LogP contribution in [0, 0.1) is 17.0 Å². The van der Waals surface area contributed by atoms with Gasteiger partial charge in [-0.2, -0.15) is 0 Å². The topological polar surface area (TPSA) is 69.4 Å². The number of benzene rings is 1. The van der Waals surface area contributed by atoms with Crippen LogP contribution in [0.5, 0.6) is 0 Å². The Hall–Kier alpha value is -0.840. The highest BCUT2D eigenvalue weighted by atomic mass is 32.2. The molecule has 1 aromatic rings. The van der Waals surface area contributed by atoms with Gasteiger partial charge in [-0.15, -0.1) is 11.8 Å². The van der Waals surface area contributed by atoms with Crippen LogP contribution in [0.4, 0.5) is 5.69 Å². The van der Waals surface area contributed by atoms with Gasteiger partial charge in [0.1, 0.15) is 5.30 Å². The SMILES string of the molecule is CCSc1cc([PH](=O)OC)c([N+](=O)[O-])cc1C. The Morgan fingerprint density at radius 2 is 2.18 bits per heavy atom. The maximum absolute atomic E-state index is 11.7. The van der Waals surface area contributed by atoms with E-state index in [2.05, 4.69) is 0 Å². The van der Waals surface area contributed by atoms with Crippen LogP contribution in [0.2, 0.25) is 0 Å². The molecule has 0 aliphatic carbocycles. The number of nitro groups is 1. The maximum Gasteiger partial charge on any atom is 0.282 e. The zero-order chi connectivity index (χ0) is 13.0. The molecular formula is C10H14NO4PS. The molecule has 0 saturated carbocycles. The Morgan fingerprint density at radius 3 is 2.65 bits per heavy atom. The Kier molecular flexibility index (Phi) is 5.18. The highest BCUT2D eigenvalue weighted by molar-refractivity contribution is 7.99. The molecule has 17 heavy (non-hydrogen) atoms. The number of nitro benzene ring substituents is 1. The molecule has 0 radical (unpaired) electrons. The van der Waals surface area contributed by atoms with Crippen molar-refractivity contribution in [2.45, 2.75) is 18.7 Å². The van der Waals surface area contributed by atoms with Crippen LogP contribution in [0.15, 0.2) is 17.0 Å². The summed E-state index contributed by atoms with van der Waals surface area (Å²) in [7, 11) is -1.25. The molecule has 1 unspecified atom stereocenters. The van der Waals surface area contributed by atoms with E-state index < -0.39 is 13.0 Å². The van der Waals surface area contributed by atoms with Gasteiger partial charge in [-0.3, -0.25) is 14.7 Å². The molecule has 1 atom stereocenters. The van der Waals surface area contributed by atoms with Gasteiger partial charge in [0, 0.05) is 18.1 Å². The molecule has 0 amide bonds. The lowest BCUT2D eigenvalue weighted by Crippen LogP contribution is -2.07. The van der Waals surface area contributed by atoms with E-state index in [1.165, 1.54) is 13.2 Å². The summed E-state index contributed by atoms with van der Waals surface area (Å²) >= 11 is 1.56. The Labute approximate surface area is 105 Å². The molecule has 5 nitrogen and oxygen atoms in total. The summed E-state index contributed by atoms with van der Waals surface area (Å²) in [6, 6.07) is 3.06. The van der Waals surface area contributed by atoms with Crippen molar-refractivity contribution >= 4 is 30.8 Å². The largest absolute Gasteiger partial charge is 0.330 e. The third-order valence-electron chi connectivity index (χ3n) is 2.20. The standard InChI is InChI=1S/C10H14NO4PS/c1-4-17-10-6-9(16(14)15-3)8(11(12)13)5-7(10)2/h5-6,16H,4H2,1-3H3. The van der Waals surface area contributed by atoms with Crippen LogP contribution in [-0.2, 0) is 9.09 Å². The quantitative estimate of drug-likeness (QED) is 0.357. The fraction of sp³-hybridized carbons (Fsp3) is 0.400. The predicted molar refractivity (Wildman–Crippen MR) is 69.9 cm³/mol. The molecule has 1 rings (SSSR count). The fourth-order valence-electron chi connectivity index (χ4n) is 1.41. The van der Waals surface area contributed by atoms with Crippen LogP contribution >= 0.6 is 19.8 Å². The summed E-state index contributed by atoms with van der Waals surface area (Å²) in [6.45, 7) is 3.80. The molecule has 1 aromatic carbocycles. The summed E-state index contributed by atoms with van der Waals surface area (Å²) < 4.78 is 16.4. The van der Waals surface area contributed by atoms with E-state index in [4.69, 9.17) is 4.52 Å². The van der Waals surface area contributed by atoms with E-state index in [-0.39, 0.29) is 11.0 Å². The van der Waals surface area contributed by atoms with Crippen molar-refractivity contribution in [3.8, 4) is 0 Å². The first-order valence-electron chi connectivity index (χ1n) is 5.01. The summed E-state index contributed by atoms with van der Waals surface area (Å²) in [5, 5.41) is 11.1. The van der Waals surface area contributed by atoms with Crippen molar-refractivity contribution in [2.24, 2.45) is 0 Å². The van der Waals surface area contributed by atoms with Gasteiger partial charge in [-0.05, 0) is 24.3 Å². The summed E-state index contributed by atoms with van der Waals surface area (Å²) in [6.07, 6.45) is 0. The number of thioether (sulfide) groups is 1. The first kappa shape index (κ1) is 14.2. The third-order valence-corrected chi connectivity index (χ3v) is 4.45. The van der Waals surface area contributed by atoms with E-state index in [9.17, 15) is 14.7 Å². The van der Waals surface area contributed by atoms with E-state index in [1.54, 1.807) is 24.8 Å². The molecule has 0 spiro atoms. The first-order chi connectivity index (χ1) is 8.01. The molecule has 0 aromatic heterocycles. The van der Waals surface area contributed by atoms with E-state index in [0.717, 1.165) is 16.2 Å². The van der Waals surface area contributed by atoms with Crippen molar-refractivity contribution in [3.05, 3.63) is 27.8 Å². The molecule has 0 aliphatic rings. The Morgan fingerprint density at radius 1 is 1.53 bits per heavy atom. The summed E-state index contributed by atoms with van der Waals surface area (Å²) in [4.78, 5) is 11.3. The molecule has 0 N–H and O–H groups in total. The molecule has 0 aliphatic heterocycles. The predicted octanol–water partition coefficient (Wildman–Crippen LogP) is 2.76. The molecule has 94 valence electrons. The van der Waals surface area contributed by atoms with Crippen molar-refractivity contribution in [2.75, 3.05) is 12.9 Å². The van der Waals surface area contributed by atoms with Gasteiger partial charge >= 0.3 is 0 Å². The van der Waals surface area contributed by atoms with Gasteiger partial charge in [0.25, 0.3) is 5.69 Å². The minimum atomic E-state index is -2.54. The van der Waals surface area contributed by atoms with Crippen molar-refractivity contribution in [3.63, 3.8) is 0 Å². The molecule has 0 saturated heterocycles. The van der Waals surface area contributed by atoms with E-state index in [1.807, 2.05) is 6.92 Å². The average molecular weight is 275 g/mol. The smallest absolute Gasteiger partial charge is 0.282 e. The second-order valence-electron chi connectivity index (χ2n) is 3.32. The normalized spacial score (nSPS) is 12.4. The third kappa shape index (κ3) is 3.31. The zero-order valence-electron chi connectivity index (χ0n) is 9.85. The molecule has 7 heteroatoms. The van der Waals surface area contributed by atoms with Gasteiger partial charge < -0.3 is 4.52 Å². The van der Waals surface area contributed by atoms with E-state index in [0.29, 0.717) is 0 Å². The molecular weight excluding hydrogens is 261 g/mol. The van der Waals surface area contributed by atoms with Gasteiger partial charge in [-0.25, -0.2) is 0 Å². The fourth-order valence-corrected chi connectivity index (χ4v) is 3.17. The van der Waals surface area contributed by atoms with Crippen LogP contribution in [-0.4, -0.2) is 17.8 Å². The van der Waals surface area contributed by atoms with Crippen molar-refractivity contribution < 1.29 is 14.0 Å². The van der Waals surface area contributed by atoms with Crippen molar-refractivity contribution in [1.29, 1.82) is 0 Å². The van der Waals surface area contributed by atoms with Crippen LogP contribution < -0.4 is 5.30 Å². The van der Waals surface area contributed by atoms with Crippen LogP contribution in [0.1, 0.15) is 12.5 Å². The highest BCUT2D eigenvalue weighted by Gasteiger charge is 2.20. The van der Waals surface area contributed by atoms with Gasteiger partial charge in [0.05, 0.1) is 4.92 Å². The minimum Gasteiger partial charge on any atom is -0.330 e. The Bertz CT molecular complexity index is 464. The van der Waals surface area contributed by atoms with Gasteiger partial charge in [0.2, 0.25) is 8.03 Å². The number of hydrogen-bond acceptors (Lipinski definition) is 5. The molecule has 0 heterocycles. The number of nitrogens with zero attached hydrogens (tertiary/aromatic N) is 1. The summed E-state index contributed by atoms with van der Waals surface area (Å²) in [5.41, 5.74) is 0.687. The van der Waals surface area contributed by atoms with Crippen molar-refractivity contribution in [1.82, 2.24) is 0 Å².